The van der Waals surface area contributed by atoms with Crippen molar-refractivity contribution in [2.45, 2.75) is 80.1 Å². The number of phenolic OH excluding ortho intramolecular Hbond substituents is 3. The summed E-state index contributed by atoms with van der Waals surface area (Å²) in [6.45, 7) is 30.9. The van der Waals surface area contributed by atoms with Crippen molar-refractivity contribution in [2.75, 3.05) is 93.2 Å². The van der Waals surface area contributed by atoms with Crippen molar-refractivity contribution in [3.63, 3.8) is 0 Å². The number of carbonyl (C=O) groups excluding carboxylic acids is 3. The van der Waals surface area contributed by atoms with Gasteiger partial charge in [0.2, 0.25) is 17.7 Å². The predicted octanol–water partition coefficient (Wildman–Crippen LogP) is 20.6. The first-order valence-corrected chi connectivity index (χ1v) is 45.3. The highest BCUT2D eigenvalue weighted by Gasteiger charge is 2.38. The lowest BCUT2D eigenvalue weighted by Crippen LogP contribution is -2.49. The van der Waals surface area contributed by atoms with Crippen molar-refractivity contribution in [1.29, 1.82) is 15.8 Å². The lowest BCUT2D eigenvalue weighted by Gasteiger charge is -2.36. The summed E-state index contributed by atoms with van der Waals surface area (Å²) in [5.41, 5.74) is 0.679. The molecule has 0 bridgehead atoms. The third-order valence-electron chi connectivity index (χ3n) is 23.0. The van der Waals surface area contributed by atoms with E-state index in [1.165, 1.54) is 44.1 Å². The van der Waals surface area contributed by atoms with Gasteiger partial charge >= 0.3 is 0 Å². The molecule has 0 aliphatic carbocycles. The summed E-state index contributed by atoms with van der Waals surface area (Å²) >= 11 is 69.2. The molecule has 3 N–H and O–H groups in total. The fourth-order valence-electron chi connectivity index (χ4n) is 16.4. The van der Waals surface area contributed by atoms with Crippen LogP contribution in [0.5, 0.6) is 17.2 Å². The van der Waals surface area contributed by atoms with E-state index in [0.29, 0.717) is 88.1 Å². The smallest absolute Gasteiger partial charge is 0.276 e. The molecular formula is C93H75Cl11F4N18O9. The molecule has 0 spiro atoms. The number of aromatic nitrogens is 9. The number of hydrogen-bond donors (Lipinski definition) is 3. The normalized spacial score (nSPS) is 13.4. The number of benzene rings is 3. The molecule has 3 aliphatic heterocycles. The Balaban J connectivity index is 0.000000171. The van der Waals surface area contributed by atoms with Crippen LogP contribution in [0.4, 0.5) is 34.6 Å². The molecule has 15 rings (SSSR count). The highest BCUT2D eigenvalue weighted by atomic mass is 35.5. The van der Waals surface area contributed by atoms with Crippen LogP contribution >= 0.6 is 128 Å². The number of anilines is 3. The molecule has 696 valence electrons. The van der Waals surface area contributed by atoms with E-state index in [0.717, 1.165) is 0 Å². The molecule has 12 heterocycles. The maximum atomic E-state index is 15.5. The van der Waals surface area contributed by atoms with Crippen LogP contribution in [-0.4, -0.2) is 170 Å². The molecular weight excluding hydrogens is 1980 g/mol. The van der Waals surface area contributed by atoms with Crippen LogP contribution in [0.3, 0.4) is 0 Å². The van der Waals surface area contributed by atoms with E-state index in [1.54, 1.807) is 81.2 Å². The van der Waals surface area contributed by atoms with Gasteiger partial charge in [0.05, 0.1) is 115 Å². The number of aryl methyl sites for hydroxylation is 3. The summed E-state index contributed by atoms with van der Waals surface area (Å²) in [5, 5.41) is 59.8. The molecule has 3 aromatic carbocycles. The third kappa shape index (κ3) is 18.0. The highest BCUT2D eigenvalue weighted by molar-refractivity contribution is 6.54. The minimum Gasteiger partial charge on any atom is -0.506 e. The first-order valence-electron chi connectivity index (χ1n) is 41.1. The molecule has 3 saturated heterocycles. The van der Waals surface area contributed by atoms with Gasteiger partial charge in [-0.1, -0.05) is 189 Å². The average molecular weight is 2050 g/mol. The number of aromatic hydroxyl groups is 3. The standard InChI is InChI=1S/C31H25Cl5N6O3.2C31H25Cl3F2N6O3/c1-5-19(43)40-8-10-41(11-9-40)28-16-12-18(32)26(20-21(33)22(34)23(35)24(36)29(20)44)39-30(16)42(31(45)17(28)13-37)27-15(4)6-7-38-25(27)14(2)3;2*1-5-19(43)40-8-10-41(11-9-40)28-16-12-18(32)26(20-23(35)21(33)24(36)22(34)29(20)44)39-30(16)42(31(45)17(28)13-37)27-15(4)6-7-38-25(27)14(2)3/h3*5-7,12,14,44H,1,8-11H2,2-4H3. The van der Waals surface area contributed by atoms with Crippen LogP contribution in [0.15, 0.2) is 107 Å². The monoisotopic (exact) mass is 2050 g/mol. The topological polar surface area (TPSA) is 346 Å². The summed E-state index contributed by atoms with van der Waals surface area (Å²) < 4.78 is 63.5. The summed E-state index contributed by atoms with van der Waals surface area (Å²) in [6.07, 6.45) is 8.51. The van der Waals surface area contributed by atoms with Crippen LogP contribution in [-0.2, 0) is 14.4 Å². The molecule has 0 unspecified atom stereocenters. The van der Waals surface area contributed by atoms with Crippen molar-refractivity contribution in [3.05, 3.63) is 253 Å². The number of rotatable bonds is 15. The number of nitrogens with zero attached hydrogens (tertiary/aromatic N) is 18. The number of nitriles is 3. The molecule has 42 heteroatoms. The predicted molar refractivity (Wildman–Crippen MR) is 519 cm³/mol. The molecule has 3 amide bonds. The largest absolute Gasteiger partial charge is 0.506 e. The highest BCUT2D eigenvalue weighted by Crippen LogP contribution is 2.53. The number of hydrogen-bond acceptors (Lipinski definition) is 21. The van der Waals surface area contributed by atoms with Crippen LogP contribution in [0, 0.1) is 78.0 Å². The minimum absolute atomic E-state index is 0.0232. The zero-order valence-electron chi connectivity index (χ0n) is 72.8. The van der Waals surface area contributed by atoms with Gasteiger partial charge in [-0.25, -0.2) is 32.5 Å². The first-order chi connectivity index (χ1) is 64.0. The Labute approximate surface area is 823 Å². The van der Waals surface area contributed by atoms with E-state index >= 15 is 8.78 Å². The van der Waals surface area contributed by atoms with E-state index in [4.69, 9.17) is 133 Å². The Bertz CT molecular complexity index is 6650. The van der Waals surface area contributed by atoms with Gasteiger partial charge in [-0.3, -0.25) is 57.4 Å². The van der Waals surface area contributed by atoms with Crippen molar-refractivity contribution in [1.82, 2.24) is 58.3 Å². The van der Waals surface area contributed by atoms with Gasteiger partial charge < -0.3 is 44.7 Å². The summed E-state index contributed by atoms with van der Waals surface area (Å²) in [6, 6.07) is 15.7. The second-order valence-corrected chi connectivity index (χ2v) is 36.3. The molecule has 12 aromatic rings. The Hall–Kier alpha value is -12.0. The summed E-state index contributed by atoms with van der Waals surface area (Å²) in [4.78, 5) is 118. The van der Waals surface area contributed by atoms with Gasteiger partial charge in [0, 0.05) is 113 Å². The minimum atomic E-state index is -1.37. The van der Waals surface area contributed by atoms with Gasteiger partial charge in [-0.15, -0.1) is 0 Å². The Morgan fingerprint density at radius 1 is 0.378 bits per heavy atom. The Morgan fingerprint density at radius 3 is 0.881 bits per heavy atom. The SMILES string of the molecule is C=CC(=O)N1CCN(c2c(C#N)c(=O)n(-c3c(C)ccnc3C(C)C)c3nc(-c4c(O)c(Cl)c(Cl)c(Cl)c4Cl)c(Cl)cc23)CC1.C=CC(=O)N1CCN(c2c(C#N)c(=O)n(-c3c(C)ccnc3C(C)C)c3nc(-c4c(O)c(Cl)c(F)c(Cl)c4F)c(Cl)cc23)CC1.C=CC(=O)N1CCN(c2c(C#N)c(=O)n(-c3c(C)ccnc3C(C)C)c3nc(-c4c(O)c(Cl)c(F)c(Cl)c4F)c(Cl)cc23)CC1. The van der Waals surface area contributed by atoms with Crippen LogP contribution < -0.4 is 31.4 Å². The quantitative estimate of drug-likeness (QED) is 0.0371. The average Bonchev–Trinajstić information content (AvgIpc) is 0.728. The van der Waals surface area contributed by atoms with Gasteiger partial charge in [0.25, 0.3) is 16.7 Å². The Morgan fingerprint density at radius 2 is 0.630 bits per heavy atom. The van der Waals surface area contributed by atoms with E-state index < -0.39 is 88.4 Å². The van der Waals surface area contributed by atoms with E-state index in [1.807, 2.05) is 65.5 Å². The van der Waals surface area contributed by atoms with Gasteiger partial charge in [-0.2, -0.15) is 15.8 Å². The van der Waals surface area contributed by atoms with Crippen molar-refractivity contribution < 1.29 is 47.3 Å². The van der Waals surface area contributed by atoms with E-state index in [9.17, 15) is 68.7 Å². The van der Waals surface area contributed by atoms with Gasteiger partial charge in [0.1, 0.15) is 94.2 Å². The molecule has 9 aromatic heterocycles. The summed E-state index contributed by atoms with van der Waals surface area (Å²) in [5.74, 6) is -9.13. The number of pyridine rings is 9. The molecule has 0 radical (unpaired) electrons. The molecule has 0 saturated carbocycles. The van der Waals surface area contributed by atoms with Crippen LogP contribution in [0.25, 0.3) is 83.9 Å². The fraction of sp³-hybridized carbons (Fsp3) is 0.258. The number of phenols is 3. The zero-order chi connectivity index (χ0) is 98.7. The van der Waals surface area contributed by atoms with E-state index in [2.05, 4.69) is 50.7 Å². The fourth-order valence-corrected chi connectivity index (χ4v) is 19.0. The third-order valence-corrected chi connectivity index (χ3v) is 27.0. The maximum Gasteiger partial charge on any atom is 0.276 e. The zero-order valence-corrected chi connectivity index (χ0v) is 81.1. The van der Waals surface area contributed by atoms with Gasteiger partial charge in [0.15, 0.2) is 23.3 Å². The number of amides is 3. The molecule has 3 fully saturated rings. The van der Waals surface area contributed by atoms with Crippen molar-refractivity contribution >= 4 is 195 Å². The number of piperazine rings is 3. The molecule has 3 aliphatic rings. The molecule has 0 atom stereocenters. The van der Waals surface area contributed by atoms with E-state index in [-0.39, 0.29) is 201 Å². The number of fused-ring (bicyclic) bond motifs is 3. The lowest BCUT2D eigenvalue weighted by atomic mass is 10.0. The summed E-state index contributed by atoms with van der Waals surface area (Å²) in [7, 11) is 0. The van der Waals surface area contributed by atoms with Crippen LogP contribution in [0.1, 0.15) is 110 Å². The molecule has 27 nitrogen and oxygen atoms in total. The maximum absolute atomic E-state index is 15.5. The first kappa shape index (κ1) is 100. The van der Waals surface area contributed by atoms with Crippen LogP contribution in [0.2, 0.25) is 55.2 Å². The van der Waals surface area contributed by atoms with Gasteiger partial charge in [-0.05, 0) is 110 Å². The molecule has 135 heavy (non-hydrogen) atoms. The number of carbonyl (C=O) groups is 3. The van der Waals surface area contributed by atoms with Crippen molar-refractivity contribution in [3.8, 4) is 86.3 Å². The number of halogens is 15. The van der Waals surface area contributed by atoms with Crippen molar-refractivity contribution in [2.24, 2.45) is 0 Å². The second-order valence-electron chi connectivity index (χ2n) is 32.0. The Kier molecular flexibility index (Phi) is 30.1. The second kappa shape index (κ2) is 40.5. The lowest BCUT2D eigenvalue weighted by molar-refractivity contribution is -0.127.